The summed E-state index contributed by atoms with van der Waals surface area (Å²) in [4.78, 5) is 39.1. The number of nitrogens with one attached hydrogen (secondary N) is 1. The van der Waals surface area contributed by atoms with Gasteiger partial charge in [0.2, 0.25) is 0 Å². The van der Waals surface area contributed by atoms with E-state index in [0.717, 1.165) is 52.3 Å². The molecule has 0 aliphatic carbocycles. The molecule has 1 atom stereocenters. The van der Waals surface area contributed by atoms with Crippen molar-refractivity contribution in [3.05, 3.63) is 60.3 Å². The smallest absolute Gasteiger partial charge is 0.490 e. The molecule has 0 bridgehead atoms. The highest BCUT2D eigenvalue weighted by Gasteiger charge is 2.39. The second kappa shape index (κ2) is 18.5. The maximum atomic E-state index is 10.7. The Morgan fingerprint density at radius 2 is 1.45 bits per heavy atom. The van der Waals surface area contributed by atoms with Gasteiger partial charge < -0.3 is 34.8 Å². The summed E-state index contributed by atoms with van der Waals surface area (Å²) in [6, 6.07) is 10.5. The highest BCUT2D eigenvalue weighted by molar-refractivity contribution is 6.31. The van der Waals surface area contributed by atoms with Crippen LogP contribution in [0.1, 0.15) is 32.1 Å². The molecule has 3 aromatic heterocycles. The van der Waals surface area contributed by atoms with Crippen molar-refractivity contribution in [1.82, 2.24) is 29.7 Å². The summed E-state index contributed by atoms with van der Waals surface area (Å²) >= 11 is 6.26. The number of benzene rings is 1. The molecule has 2 aliphatic rings. The first-order valence-electron chi connectivity index (χ1n) is 16.4. The van der Waals surface area contributed by atoms with Gasteiger partial charge in [-0.25, -0.2) is 24.5 Å². The van der Waals surface area contributed by atoms with E-state index in [0.29, 0.717) is 17.6 Å². The molecule has 0 saturated carbocycles. The number of aliphatic carboxylic acids is 2. The quantitative estimate of drug-likeness (QED) is 0.149. The number of alkyl halides is 6. The zero-order valence-electron chi connectivity index (χ0n) is 28.1. The van der Waals surface area contributed by atoms with Crippen LogP contribution in [0, 0.1) is 0 Å². The Hall–Kier alpha value is -4.52. The number of carboxylic acids is 2. The number of aliphatic hydroxyl groups excluding tert-OH is 1. The number of aliphatic hydroxyl groups is 1. The number of aromatic amines is 1. The molecule has 1 unspecified atom stereocenters. The van der Waals surface area contributed by atoms with Gasteiger partial charge in [-0.3, -0.25) is 0 Å². The molecular formula is C34H37ClF6N6O6. The van der Waals surface area contributed by atoms with E-state index in [1.165, 1.54) is 51.5 Å². The topological polar surface area (TPSA) is 165 Å². The van der Waals surface area contributed by atoms with Crippen molar-refractivity contribution in [3.63, 3.8) is 0 Å². The normalized spacial score (nSPS) is 16.5. The van der Waals surface area contributed by atoms with Crippen LogP contribution in [0.3, 0.4) is 0 Å². The third kappa shape index (κ3) is 12.3. The minimum atomic E-state index is -5.08. The van der Waals surface area contributed by atoms with E-state index in [2.05, 4.69) is 29.7 Å². The Bertz CT molecular complexity index is 1760. The number of hydrogen-bond donors (Lipinski definition) is 4. The molecule has 2 fully saturated rings. The van der Waals surface area contributed by atoms with Crippen LogP contribution in [-0.4, -0.2) is 121 Å². The molecule has 2 saturated heterocycles. The van der Waals surface area contributed by atoms with Crippen LogP contribution in [0.15, 0.2) is 55.2 Å². The first-order chi connectivity index (χ1) is 25.0. The van der Waals surface area contributed by atoms with Crippen LogP contribution < -0.4 is 4.74 Å². The Morgan fingerprint density at radius 1 is 0.887 bits per heavy atom. The summed E-state index contributed by atoms with van der Waals surface area (Å²) in [7, 11) is 0. The van der Waals surface area contributed by atoms with E-state index in [1.807, 2.05) is 30.3 Å². The van der Waals surface area contributed by atoms with Gasteiger partial charge in [-0.1, -0.05) is 18.0 Å². The summed E-state index contributed by atoms with van der Waals surface area (Å²) in [5.41, 5.74) is 4.47. The highest BCUT2D eigenvalue weighted by Crippen LogP contribution is 2.38. The second-order valence-electron chi connectivity index (χ2n) is 12.3. The SMILES string of the molecule is O=C(O)C(F)(F)F.O=C(O)C(F)(F)F.OC(COc1ccc(-c2[nH]c3ncc(Cl)cc3c2-c2cncnc2)cc1)CN1CCC(N2CCCCC2)CC1. The molecule has 1 aromatic carbocycles. The molecule has 19 heteroatoms. The lowest BCUT2D eigenvalue weighted by Crippen LogP contribution is -2.48. The number of carboxylic acid groups (broad SMARTS) is 2. The molecular weight excluding hydrogens is 738 g/mol. The molecule has 0 amide bonds. The number of β-amino-alcohol motifs (C(OH)–C–C–N with tert-alkyl or cyclic N) is 1. The third-order valence-corrected chi connectivity index (χ3v) is 8.68. The Kier molecular flexibility index (Phi) is 14.4. The van der Waals surface area contributed by atoms with Crippen LogP contribution in [-0.2, 0) is 9.59 Å². The van der Waals surface area contributed by atoms with Gasteiger partial charge in [-0.05, 0) is 87.8 Å². The van der Waals surface area contributed by atoms with Crippen molar-refractivity contribution >= 4 is 34.6 Å². The number of H-pyrrole nitrogens is 1. The zero-order valence-corrected chi connectivity index (χ0v) is 28.8. The highest BCUT2D eigenvalue weighted by atomic mass is 35.5. The van der Waals surface area contributed by atoms with Crippen molar-refractivity contribution in [2.45, 2.75) is 56.6 Å². The van der Waals surface area contributed by atoms with Crippen LogP contribution in [0.2, 0.25) is 5.02 Å². The van der Waals surface area contributed by atoms with Crippen LogP contribution in [0.25, 0.3) is 33.4 Å². The predicted octanol–water partition coefficient (Wildman–Crippen LogP) is 6.30. The van der Waals surface area contributed by atoms with E-state index < -0.39 is 30.4 Å². The third-order valence-electron chi connectivity index (χ3n) is 8.47. The van der Waals surface area contributed by atoms with Gasteiger partial charge in [0, 0.05) is 47.7 Å². The molecule has 6 rings (SSSR count). The maximum Gasteiger partial charge on any atom is 0.490 e. The first kappa shape index (κ1) is 41.2. The van der Waals surface area contributed by atoms with Gasteiger partial charge in [0.25, 0.3) is 0 Å². The van der Waals surface area contributed by atoms with Crippen molar-refractivity contribution in [1.29, 1.82) is 0 Å². The standard InChI is InChI=1S/C30H35ClN6O2.2C2HF3O2/c31-23-14-27-28(22-15-32-20-33-16-22)29(35-30(27)34-17-23)21-4-6-26(7-5-21)39-19-25(38)18-36-12-8-24(9-13-36)37-10-2-1-3-11-37;2*3-2(4,5)1(6)7/h4-7,14-17,20,24-25,38H,1-3,8-13,18-19H2,(H,34,35);2*(H,6,7). The minimum Gasteiger partial charge on any atom is -0.491 e. The summed E-state index contributed by atoms with van der Waals surface area (Å²) in [5.74, 6) is -4.79. The summed E-state index contributed by atoms with van der Waals surface area (Å²) in [5, 5.41) is 26.4. The Labute approximate surface area is 304 Å². The number of rotatable bonds is 8. The maximum absolute atomic E-state index is 10.7. The number of nitrogens with zero attached hydrogens (tertiary/aromatic N) is 5. The number of aromatic nitrogens is 4. The van der Waals surface area contributed by atoms with Gasteiger partial charge in [0.1, 0.15) is 30.4 Å². The van der Waals surface area contributed by atoms with Crippen LogP contribution >= 0.6 is 11.6 Å². The van der Waals surface area contributed by atoms with Crippen LogP contribution in [0.4, 0.5) is 26.3 Å². The average molecular weight is 775 g/mol. The molecule has 0 spiro atoms. The molecule has 288 valence electrons. The number of piperidine rings is 2. The van der Waals surface area contributed by atoms with Gasteiger partial charge in [0.05, 0.1) is 10.7 Å². The molecule has 53 heavy (non-hydrogen) atoms. The van der Waals surface area contributed by atoms with E-state index in [4.69, 9.17) is 36.1 Å². The van der Waals surface area contributed by atoms with Crippen molar-refractivity contribution in [2.24, 2.45) is 0 Å². The Balaban J connectivity index is 0.000000381. The zero-order chi connectivity index (χ0) is 38.8. The lowest BCUT2D eigenvalue weighted by Gasteiger charge is -2.40. The summed E-state index contributed by atoms with van der Waals surface area (Å²) in [6.07, 6.45) is 2.49. The molecule has 0 radical (unpaired) electrons. The molecule has 2 aliphatic heterocycles. The number of pyridine rings is 1. The molecule has 4 aromatic rings. The monoisotopic (exact) mass is 774 g/mol. The average Bonchev–Trinajstić information content (AvgIpc) is 3.50. The molecule has 12 nitrogen and oxygen atoms in total. The predicted molar refractivity (Wildman–Crippen MR) is 181 cm³/mol. The van der Waals surface area contributed by atoms with E-state index in [1.54, 1.807) is 18.6 Å². The lowest BCUT2D eigenvalue weighted by atomic mass is 10.00. The van der Waals surface area contributed by atoms with Gasteiger partial charge in [-0.2, -0.15) is 26.3 Å². The van der Waals surface area contributed by atoms with E-state index in [-0.39, 0.29) is 6.61 Å². The van der Waals surface area contributed by atoms with Crippen molar-refractivity contribution in [2.75, 3.05) is 39.3 Å². The number of ether oxygens (including phenoxy) is 1. The van der Waals surface area contributed by atoms with Gasteiger partial charge >= 0.3 is 24.3 Å². The van der Waals surface area contributed by atoms with E-state index in [9.17, 15) is 31.4 Å². The van der Waals surface area contributed by atoms with Crippen LogP contribution in [0.5, 0.6) is 5.75 Å². The number of fused-ring (bicyclic) bond motifs is 1. The fraction of sp³-hybridized carbons (Fsp3) is 0.441. The van der Waals surface area contributed by atoms with Crippen molar-refractivity contribution < 1.29 is 56.0 Å². The first-order valence-corrected chi connectivity index (χ1v) is 16.8. The Morgan fingerprint density at radius 3 is 2.00 bits per heavy atom. The summed E-state index contributed by atoms with van der Waals surface area (Å²) in [6.45, 7) is 5.53. The summed E-state index contributed by atoms with van der Waals surface area (Å²) < 4.78 is 69.4. The lowest BCUT2D eigenvalue weighted by molar-refractivity contribution is -0.193. The number of hydrogen-bond acceptors (Lipinski definition) is 9. The van der Waals surface area contributed by atoms with E-state index >= 15 is 0 Å². The van der Waals surface area contributed by atoms with Gasteiger partial charge in [-0.15, -0.1) is 0 Å². The largest absolute Gasteiger partial charge is 0.491 e. The minimum absolute atomic E-state index is 0.271. The number of carbonyl (C=O) groups is 2. The number of likely N-dealkylation sites (tertiary alicyclic amines) is 2. The fourth-order valence-electron chi connectivity index (χ4n) is 6.00. The fourth-order valence-corrected chi connectivity index (χ4v) is 6.16. The molecule has 5 heterocycles. The number of halogens is 7. The van der Waals surface area contributed by atoms with Crippen molar-refractivity contribution in [3.8, 4) is 28.1 Å². The van der Waals surface area contributed by atoms with Gasteiger partial charge in [0.15, 0.2) is 0 Å². The molecule has 4 N–H and O–H groups in total. The second-order valence-corrected chi connectivity index (χ2v) is 12.7.